The Morgan fingerprint density at radius 3 is 2.39 bits per heavy atom. The Morgan fingerprint density at radius 2 is 1.79 bits per heavy atom. The van der Waals surface area contributed by atoms with Crippen LogP contribution in [0.5, 0.6) is 5.75 Å². The van der Waals surface area contributed by atoms with E-state index in [0.29, 0.717) is 17.0 Å². The van der Waals surface area contributed by atoms with Gasteiger partial charge in [0, 0.05) is 17.1 Å². The zero-order valence-electron chi connectivity index (χ0n) is 15.3. The topological polar surface area (TPSA) is 125 Å². The molecule has 152 valence electrons. The van der Waals surface area contributed by atoms with E-state index in [1.54, 1.807) is 19.2 Å². The summed E-state index contributed by atoms with van der Waals surface area (Å²) in [6.45, 7) is -0.139. The van der Waals surface area contributed by atoms with Gasteiger partial charge < -0.3 is 35.6 Å². The van der Waals surface area contributed by atoms with Gasteiger partial charge in [-0.1, -0.05) is 29.8 Å². The molecule has 1 aliphatic heterocycles. The third-order valence-electron chi connectivity index (χ3n) is 5.03. The van der Waals surface area contributed by atoms with Crippen molar-refractivity contribution >= 4 is 11.6 Å². The summed E-state index contributed by atoms with van der Waals surface area (Å²) < 4.78 is 10.6. The molecule has 1 heterocycles. The summed E-state index contributed by atoms with van der Waals surface area (Å²) in [5.41, 5.74) is 7.42. The molecule has 1 fully saturated rings. The summed E-state index contributed by atoms with van der Waals surface area (Å²) in [6.07, 6.45) is -5.36. The van der Waals surface area contributed by atoms with Crippen LogP contribution in [0.2, 0.25) is 5.02 Å². The van der Waals surface area contributed by atoms with E-state index in [0.717, 1.165) is 11.3 Å². The minimum Gasteiger partial charge on any atom is -0.497 e. The number of benzene rings is 2. The summed E-state index contributed by atoms with van der Waals surface area (Å²) >= 11 is 6.31. The second-order valence-corrected chi connectivity index (χ2v) is 7.25. The van der Waals surface area contributed by atoms with Gasteiger partial charge in [-0.25, -0.2) is 0 Å². The second-order valence-electron chi connectivity index (χ2n) is 6.85. The van der Waals surface area contributed by atoms with E-state index in [4.69, 9.17) is 26.8 Å². The highest BCUT2D eigenvalue weighted by atomic mass is 35.5. The average molecular weight is 410 g/mol. The molecule has 0 unspecified atom stereocenters. The molecule has 0 aliphatic carbocycles. The molecule has 0 saturated carbocycles. The maximum atomic E-state index is 11.0. The highest BCUT2D eigenvalue weighted by molar-refractivity contribution is 6.31. The molecule has 0 amide bonds. The molecule has 1 saturated heterocycles. The summed E-state index contributed by atoms with van der Waals surface area (Å²) in [6, 6.07) is 12.1. The molecular formula is C20H24ClNO6. The van der Waals surface area contributed by atoms with E-state index in [-0.39, 0.29) is 12.1 Å². The third kappa shape index (κ3) is 3.88. The average Bonchev–Trinajstić information content (AvgIpc) is 2.71. The number of nitrogens with two attached hydrogens (primary N) is 1. The lowest BCUT2D eigenvalue weighted by Gasteiger charge is -2.45. The molecule has 2 aromatic carbocycles. The molecule has 0 spiro atoms. The monoisotopic (exact) mass is 409 g/mol. The normalized spacial score (nSPS) is 30.2. The number of ether oxygens (including phenoxy) is 2. The van der Waals surface area contributed by atoms with Crippen LogP contribution in [-0.2, 0) is 16.9 Å². The van der Waals surface area contributed by atoms with Crippen molar-refractivity contribution in [2.75, 3.05) is 13.7 Å². The number of hydrogen-bond acceptors (Lipinski definition) is 7. The van der Waals surface area contributed by atoms with Gasteiger partial charge >= 0.3 is 0 Å². The minimum absolute atomic E-state index is 0.139. The first-order valence-electron chi connectivity index (χ1n) is 8.86. The Kier molecular flexibility index (Phi) is 6.26. The van der Waals surface area contributed by atoms with Crippen LogP contribution in [-0.4, -0.2) is 58.5 Å². The lowest BCUT2D eigenvalue weighted by molar-refractivity contribution is -0.352. The van der Waals surface area contributed by atoms with Gasteiger partial charge in [-0.2, -0.15) is 0 Å². The maximum Gasteiger partial charge on any atom is 0.222 e. The molecule has 2 aromatic rings. The van der Waals surface area contributed by atoms with Gasteiger partial charge in [0.1, 0.15) is 30.2 Å². The van der Waals surface area contributed by atoms with Gasteiger partial charge in [0.05, 0.1) is 7.11 Å². The lowest BCUT2D eigenvalue weighted by atomic mass is 9.87. The Bertz CT molecular complexity index is 815. The molecule has 0 bridgehead atoms. The molecule has 8 heteroatoms. The molecule has 7 nitrogen and oxygen atoms in total. The maximum absolute atomic E-state index is 11.0. The molecule has 1 aliphatic rings. The van der Waals surface area contributed by atoms with Crippen molar-refractivity contribution in [3.05, 3.63) is 64.2 Å². The summed E-state index contributed by atoms with van der Waals surface area (Å²) in [5.74, 6) is -1.50. The summed E-state index contributed by atoms with van der Waals surface area (Å²) in [5, 5.41) is 41.9. The number of aliphatic hydroxyl groups excluding tert-OH is 3. The second kappa shape index (κ2) is 8.34. The predicted molar refractivity (Wildman–Crippen MR) is 103 cm³/mol. The first-order chi connectivity index (χ1) is 13.3. The minimum atomic E-state index is -2.23. The van der Waals surface area contributed by atoms with E-state index in [9.17, 15) is 20.4 Å². The number of halogens is 1. The predicted octanol–water partition coefficient (Wildman–Crippen LogP) is 0.525. The van der Waals surface area contributed by atoms with Crippen molar-refractivity contribution in [2.24, 2.45) is 5.73 Å². The van der Waals surface area contributed by atoms with Crippen LogP contribution in [0.4, 0.5) is 0 Å². The van der Waals surface area contributed by atoms with Crippen LogP contribution >= 0.6 is 11.6 Å². The van der Waals surface area contributed by atoms with E-state index >= 15 is 0 Å². The van der Waals surface area contributed by atoms with Gasteiger partial charge in [0.25, 0.3) is 0 Å². The van der Waals surface area contributed by atoms with Gasteiger partial charge in [-0.15, -0.1) is 0 Å². The fraction of sp³-hybridized carbons (Fsp3) is 0.400. The number of rotatable bonds is 5. The molecule has 5 atom stereocenters. The van der Waals surface area contributed by atoms with Crippen molar-refractivity contribution in [1.29, 1.82) is 0 Å². The molecular weight excluding hydrogens is 386 g/mol. The molecule has 0 aromatic heterocycles. The number of hydrogen-bond donors (Lipinski definition) is 5. The van der Waals surface area contributed by atoms with Gasteiger partial charge in [-0.05, 0) is 41.8 Å². The Hall–Kier alpha value is -1.71. The molecule has 6 N–H and O–H groups in total. The number of aliphatic hydroxyl groups is 4. The van der Waals surface area contributed by atoms with E-state index in [2.05, 4.69) is 0 Å². The Labute approximate surface area is 167 Å². The summed E-state index contributed by atoms with van der Waals surface area (Å²) in [4.78, 5) is 0. The van der Waals surface area contributed by atoms with E-state index < -0.39 is 30.2 Å². The Balaban J connectivity index is 1.92. The quantitative estimate of drug-likeness (QED) is 0.487. The first-order valence-corrected chi connectivity index (χ1v) is 9.24. The lowest BCUT2D eigenvalue weighted by Crippen LogP contribution is -2.64. The van der Waals surface area contributed by atoms with Gasteiger partial charge in [-0.3, -0.25) is 0 Å². The van der Waals surface area contributed by atoms with Crippen molar-refractivity contribution in [1.82, 2.24) is 0 Å². The van der Waals surface area contributed by atoms with Crippen LogP contribution in [0.25, 0.3) is 0 Å². The largest absolute Gasteiger partial charge is 0.497 e. The fourth-order valence-electron chi connectivity index (χ4n) is 3.33. The van der Waals surface area contributed by atoms with E-state index in [1.165, 1.54) is 6.07 Å². The van der Waals surface area contributed by atoms with Crippen LogP contribution in [0.1, 0.15) is 16.7 Å². The van der Waals surface area contributed by atoms with Crippen molar-refractivity contribution < 1.29 is 29.9 Å². The highest BCUT2D eigenvalue weighted by Gasteiger charge is 2.53. The van der Waals surface area contributed by atoms with Gasteiger partial charge in [0.2, 0.25) is 5.79 Å². The number of methoxy groups -OCH3 is 1. The molecule has 3 rings (SSSR count). The fourth-order valence-corrected chi connectivity index (χ4v) is 3.52. The van der Waals surface area contributed by atoms with Crippen molar-refractivity contribution in [3.63, 3.8) is 0 Å². The SMILES string of the molecule is COc1ccc(Cc2cc([C@]3(O)O[C@H](CN)[C@@H](O)[C@H](O)[C@H]3O)ccc2Cl)cc1. The first kappa shape index (κ1) is 21.0. The van der Waals surface area contributed by atoms with Crippen LogP contribution < -0.4 is 10.5 Å². The molecule has 0 radical (unpaired) electrons. The van der Waals surface area contributed by atoms with Crippen molar-refractivity contribution in [3.8, 4) is 5.75 Å². The van der Waals surface area contributed by atoms with E-state index in [1.807, 2.05) is 24.3 Å². The third-order valence-corrected chi connectivity index (χ3v) is 5.40. The standard InChI is InChI=1S/C20H24ClNO6/c1-27-14-5-2-11(3-6-14)8-12-9-13(4-7-15(12)21)20(26)19(25)18(24)17(23)16(10-22)28-20/h2-7,9,16-19,23-26H,8,10,22H2,1H3/t16-,17-,18+,19-,20+/m1/s1. The zero-order valence-corrected chi connectivity index (χ0v) is 16.1. The Morgan fingerprint density at radius 1 is 1.11 bits per heavy atom. The zero-order chi connectivity index (χ0) is 20.5. The van der Waals surface area contributed by atoms with Crippen LogP contribution in [0.3, 0.4) is 0 Å². The van der Waals surface area contributed by atoms with Crippen LogP contribution in [0, 0.1) is 0 Å². The highest BCUT2D eigenvalue weighted by Crippen LogP contribution is 2.37. The smallest absolute Gasteiger partial charge is 0.222 e. The van der Waals surface area contributed by atoms with Crippen molar-refractivity contribution in [2.45, 2.75) is 36.6 Å². The van der Waals surface area contributed by atoms with Crippen LogP contribution in [0.15, 0.2) is 42.5 Å². The molecule has 28 heavy (non-hydrogen) atoms. The summed E-state index contributed by atoms with van der Waals surface area (Å²) in [7, 11) is 1.59. The van der Waals surface area contributed by atoms with Gasteiger partial charge in [0.15, 0.2) is 0 Å².